The van der Waals surface area contributed by atoms with Crippen molar-refractivity contribution in [2.24, 2.45) is 0 Å². The van der Waals surface area contributed by atoms with E-state index in [-0.39, 0.29) is 6.35 Å². The highest BCUT2D eigenvalue weighted by atomic mass is 127. The summed E-state index contributed by atoms with van der Waals surface area (Å²) in [4.78, 5) is 4.58. The van der Waals surface area contributed by atoms with Crippen LogP contribution in [-0.4, -0.2) is 26.6 Å². The first kappa shape index (κ1) is 21.2. The summed E-state index contributed by atoms with van der Waals surface area (Å²) in [6.07, 6.45) is -0.175. The van der Waals surface area contributed by atoms with E-state index in [1.54, 1.807) is 7.11 Å². The van der Waals surface area contributed by atoms with Crippen LogP contribution >= 0.6 is 114 Å². The molecule has 2 aromatic rings. The van der Waals surface area contributed by atoms with Gasteiger partial charge in [0.15, 0.2) is 0 Å². The van der Waals surface area contributed by atoms with E-state index in [2.05, 4.69) is 100 Å². The SMILES string of the molecule is COC1N(c2c(I)cc(Cl)cc2I)CCN1c1c(I)cc(Cl)cc1I. The molecule has 1 aliphatic heterocycles. The Morgan fingerprint density at radius 1 is 0.800 bits per heavy atom. The summed E-state index contributed by atoms with van der Waals surface area (Å²) in [7, 11) is 1.75. The lowest BCUT2D eigenvalue weighted by Gasteiger charge is -2.33. The maximum atomic E-state index is 6.20. The first-order chi connectivity index (χ1) is 11.8. The van der Waals surface area contributed by atoms with Gasteiger partial charge in [0.05, 0.1) is 11.4 Å². The highest BCUT2D eigenvalue weighted by Gasteiger charge is 2.36. The number of anilines is 2. The fraction of sp³-hybridized carbons (Fsp3) is 0.250. The maximum absolute atomic E-state index is 6.20. The number of rotatable bonds is 3. The zero-order valence-electron chi connectivity index (χ0n) is 12.9. The van der Waals surface area contributed by atoms with Gasteiger partial charge in [0.25, 0.3) is 0 Å². The van der Waals surface area contributed by atoms with E-state index < -0.39 is 0 Å². The van der Waals surface area contributed by atoms with Crippen LogP contribution in [0.25, 0.3) is 0 Å². The van der Waals surface area contributed by atoms with Gasteiger partial charge in [-0.25, -0.2) is 0 Å². The molecule has 3 nitrogen and oxygen atoms in total. The van der Waals surface area contributed by atoms with E-state index in [1.807, 2.05) is 24.3 Å². The Kier molecular flexibility index (Phi) is 7.54. The van der Waals surface area contributed by atoms with Gasteiger partial charge >= 0.3 is 0 Å². The largest absolute Gasteiger partial charge is 0.344 e. The van der Waals surface area contributed by atoms with Gasteiger partial charge in [-0.3, -0.25) is 0 Å². The summed E-state index contributed by atoms with van der Waals surface area (Å²) < 4.78 is 10.4. The first-order valence-corrected chi connectivity index (χ1v) is 12.3. The Labute approximate surface area is 211 Å². The molecular formula is C16H12Cl2I4N2O. The molecule has 1 heterocycles. The maximum Gasteiger partial charge on any atom is 0.210 e. The number of hydrogen-bond donors (Lipinski definition) is 0. The van der Waals surface area contributed by atoms with E-state index in [9.17, 15) is 0 Å². The average molecular weight is 827 g/mol. The number of hydrogen-bond acceptors (Lipinski definition) is 3. The van der Waals surface area contributed by atoms with E-state index >= 15 is 0 Å². The number of benzene rings is 2. The van der Waals surface area contributed by atoms with Crippen LogP contribution in [0.2, 0.25) is 10.0 Å². The van der Waals surface area contributed by atoms with Crippen molar-refractivity contribution in [3.8, 4) is 0 Å². The van der Waals surface area contributed by atoms with Gasteiger partial charge in [-0.1, -0.05) is 23.2 Å². The van der Waals surface area contributed by atoms with Crippen LogP contribution in [0.4, 0.5) is 11.4 Å². The van der Waals surface area contributed by atoms with Crippen molar-refractivity contribution in [1.29, 1.82) is 0 Å². The molecule has 0 N–H and O–H groups in total. The molecule has 1 saturated heterocycles. The summed E-state index contributed by atoms with van der Waals surface area (Å²) in [6.45, 7) is 1.75. The van der Waals surface area contributed by atoms with Crippen LogP contribution in [0, 0.1) is 14.3 Å². The monoisotopic (exact) mass is 826 g/mol. The van der Waals surface area contributed by atoms with Crippen LogP contribution in [0.5, 0.6) is 0 Å². The summed E-state index contributed by atoms with van der Waals surface area (Å²) in [6, 6.07) is 7.96. The molecule has 134 valence electrons. The standard InChI is InChI=1S/C16H12Cl2I4N2O/c1-25-16-23(14-10(19)4-8(17)5-11(14)20)2-3-24(16)15-12(21)6-9(18)7-13(15)22/h4-7,16H,2-3H2,1H3. The molecule has 0 aliphatic carbocycles. The van der Waals surface area contributed by atoms with Gasteiger partial charge in [-0.15, -0.1) is 0 Å². The highest BCUT2D eigenvalue weighted by Crippen LogP contribution is 2.39. The lowest BCUT2D eigenvalue weighted by atomic mass is 10.3. The smallest absolute Gasteiger partial charge is 0.210 e. The minimum absolute atomic E-state index is 0.175. The van der Waals surface area contributed by atoms with Crippen molar-refractivity contribution in [3.05, 3.63) is 48.6 Å². The van der Waals surface area contributed by atoms with Crippen molar-refractivity contribution in [2.45, 2.75) is 6.35 Å². The molecule has 3 rings (SSSR count). The van der Waals surface area contributed by atoms with Gasteiger partial charge < -0.3 is 14.5 Å². The molecule has 0 amide bonds. The molecule has 0 atom stereocenters. The third-order valence-electron chi connectivity index (χ3n) is 3.86. The minimum atomic E-state index is -0.175. The Balaban J connectivity index is 2.03. The summed E-state index contributed by atoms with van der Waals surface area (Å²) in [5.74, 6) is 0. The molecule has 0 unspecified atom stereocenters. The molecule has 0 bridgehead atoms. The number of nitrogens with zero attached hydrogens (tertiary/aromatic N) is 2. The van der Waals surface area contributed by atoms with Gasteiger partial charge in [-0.2, -0.15) is 0 Å². The average Bonchev–Trinajstić information content (AvgIpc) is 2.88. The quantitative estimate of drug-likeness (QED) is 0.322. The predicted octanol–water partition coefficient (Wildman–Crippen LogP) is 6.67. The predicted molar refractivity (Wildman–Crippen MR) is 139 cm³/mol. The minimum Gasteiger partial charge on any atom is -0.344 e. The zero-order valence-corrected chi connectivity index (χ0v) is 23.0. The van der Waals surface area contributed by atoms with Crippen LogP contribution in [0.15, 0.2) is 24.3 Å². The van der Waals surface area contributed by atoms with Crippen molar-refractivity contribution >= 4 is 125 Å². The highest BCUT2D eigenvalue weighted by molar-refractivity contribution is 14.1. The van der Waals surface area contributed by atoms with Gasteiger partial charge in [0, 0.05) is 44.5 Å². The Morgan fingerprint density at radius 3 is 1.40 bits per heavy atom. The summed E-state index contributed by atoms with van der Waals surface area (Å²) in [5, 5.41) is 1.51. The molecule has 9 heteroatoms. The van der Waals surface area contributed by atoms with Crippen molar-refractivity contribution < 1.29 is 4.74 Å². The Hall–Kier alpha value is 1.50. The molecule has 1 fully saturated rings. The van der Waals surface area contributed by atoms with Crippen LogP contribution in [-0.2, 0) is 4.74 Å². The van der Waals surface area contributed by atoms with Gasteiger partial charge in [0.1, 0.15) is 0 Å². The molecular weight excluding hydrogens is 815 g/mol. The van der Waals surface area contributed by atoms with E-state index in [0.717, 1.165) is 37.4 Å². The lowest BCUT2D eigenvalue weighted by molar-refractivity contribution is 0.113. The van der Waals surface area contributed by atoms with Crippen LogP contribution in [0.1, 0.15) is 0 Å². The van der Waals surface area contributed by atoms with Crippen LogP contribution in [0.3, 0.4) is 0 Å². The molecule has 0 radical (unpaired) electrons. The number of ether oxygens (including phenoxy) is 1. The fourth-order valence-corrected chi connectivity index (χ4v) is 8.87. The molecule has 25 heavy (non-hydrogen) atoms. The molecule has 0 aromatic heterocycles. The van der Waals surface area contributed by atoms with E-state index in [1.165, 1.54) is 11.4 Å². The zero-order chi connectivity index (χ0) is 18.3. The molecule has 1 aliphatic rings. The van der Waals surface area contributed by atoms with Gasteiger partial charge in [0.2, 0.25) is 6.35 Å². The van der Waals surface area contributed by atoms with Crippen LogP contribution < -0.4 is 9.80 Å². The normalized spacial score (nSPS) is 15.3. The Bertz CT molecular complexity index is 709. The van der Waals surface area contributed by atoms with Crippen molar-refractivity contribution in [3.63, 3.8) is 0 Å². The molecule has 0 spiro atoms. The first-order valence-electron chi connectivity index (χ1n) is 7.18. The van der Waals surface area contributed by atoms with Gasteiger partial charge in [-0.05, 0) is 115 Å². The van der Waals surface area contributed by atoms with Crippen molar-refractivity contribution in [1.82, 2.24) is 0 Å². The van der Waals surface area contributed by atoms with Crippen molar-refractivity contribution in [2.75, 3.05) is 30.0 Å². The molecule has 2 aromatic carbocycles. The van der Waals surface area contributed by atoms with E-state index in [0.29, 0.717) is 0 Å². The third-order valence-corrected chi connectivity index (χ3v) is 7.59. The summed E-state index contributed by atoms with van der Waals surface area (Å²) >= 11 is 21.8. The second-order valence-corrected chi connectivity index (χ2v) is 10.9. The Morgan fingerprint density at radius 2 is 1.12 bits per heavy atom. The lowest BCUT2D eigenvalue weighted by Crippen LogP contribution is -2.41. The molecule has 0 saturated carbocycles. The second kappa shape index (κ2) is 8.89. The van der Waals surface area contributed by atoms with E-state index in [4.69, 9.17) is 27.9 Å². The summed E-state index contributed by atoms with van der Waals surface area (Å²) in [5.41, 5.74) is 2.33. The fourth-order valence-electron chi connectivity index (χ4n) is 2.92. The second-order valence-electron chi connectivity index (χ2n) is 5.38. The number of methoxy groups -OCH3 is 1. The number of halogens is 6. The topological polar surface area (TPSA) is 15.7 Å². The third kappa shape index (κ3) is 4.41.